The van der Waals surface area contributed by atoms with E-state index in [4.69, 9.17) is 18.9 Å². The Morgan fingerprint density at radius 2 is 1.70 bits per heavy atom. The van der Waals surface area contributed by atoms with Gasteiger partial charge in [-0.05, 0) is 71.9 Å². The molecule has 12 heteroatoms. The summed E-state index contributed by atoms with van der Waals surface area (Å²) >= 11 is 0. The fourth-order valence-electron chi connectivity index (χ4n) is 4.90. The Balaban J connectivity index is 1.88. The number of likely N-dealkylation sites (tertiary alicyclic amines) is 1. The first-order chi connectivity index (χ1) is 20.6. The highest BCUT2D eigenvalue weighted by atomic mass is 32.2. The van der Waals surface area contributed by atoms with Crippen LogP contribution in [0.5, 0.6) is 11.5 Å². The van der Waals surface area contributed by atoms with Crippen molar-refractivity contribution < 1.29 is 37.0 Å². The second-order valence-electron chi connectivity index (χ2n) is 12.3. The Bertz CT molecular complexity index is 1370. The summed E-state index contributed by atoms with van der Waals surface area (Å²) in [5.41, 5.74) is 0.621. The highest BCUT2D eigenvalue weighted by molar-refractivity contribution is 7.89. The number of nitrogens with zero attached hydrogens (tertiary/aromatic N) is 2. The number of sulfonamides is 1. The van der Waals surface area contributed by atoms with Crippen LogP contribution in [0, 0.1) is 12.8 Å². The number of aryl methyl sites for hydroxylation is 1. The lowest BCUT2D eigenvalue weighted by Gasteiger charge is -2.31. The van der Waals surface area contributed by atoms with Gasteiger partial charge in [0.05, 0.1) is 18.6 Å². The van der Waals surface area contributed by atoms with Crippen molar-refractivity contribution >= 4 is 22.0 Å². The van der Waals surface area contributed by atoms with E-state index < -0.39 is 33.7 Å². The van der Waals surface area contributed by atoms with E-state index in [9.17, 15) is 18.0 Å². The Morgan fingerprint density at radius 3 is 2.30 bits per heavy atom. The van der Waals surface area contributed by atoms with Crippen LogP contribution in [0.3, 0.4) is 0 Å². The van der Waals surface area contributed by atoms with Crippen LogP contribution >= 0.6 is 0 Å². The molecule has 2 atom stereocenters. The number of carbonyl (C=O) groups excluding carboxylic acids is 2. The van der Waals surface area contributed by atoms with Gasteiger partial charge in [-0.2, -0.15) is 0 Å². The predicted molar refractivity (Wildman–Crippen MR) is 168 cm³/mol. The molecule has 1 aliphatic heterocycles. The minimum absolute atomic E-state index is 0.104. The van der Waals surface area contributed by atoms with Crippen molar-refractivity contribution in [3.05, 3.63) is 53.6 Å². The lowest BCUT2D eigenvalue weighted by molar-refractivity contribution is 0.0283. The molecule has 2 amide bonds. The number of rotatable bonds is 13. The Kier molecular flexibility index (Phi) is 12.0. The first kappa shape index (κ1) is 35.1. The van der Waals surface area contributed by atoms with Crippen LogP contribution in [0.1, 0.15) is 57.0 Å². The maximum Gasteiger partial charge on any atom is 0.410 e. The lowest BCUT2D eigenvalue weighted by atomic mass is 10.0. The van der Waals surface area contributed by atoms with Crippen molar-refractivity contribution in [3.8, 4) is 11.5 Å². The molecule has 1 saturated heterocycles. The van der Waals surface area contributed by atoms with Crippen LogP contribution in [0.4, 0.5) is 4.79 Å². The molecule has 244 valence electrons. The second kappa shape index (κ2) is 15.1. The molecular weight excluding hydrogens is 586 g/mol. The topological polar surface area (TPSA) is 124 Å². The average Bonchev–Trinajstić information content (AvgIpc) is 3.34. The molecule has 0 saturated carbocycles. The molecule has 11 nitrogen and oxygen atoms in total. The molecular formula is C32H47N3O8S. The van der Waals surface area contributed by atoms with E-state index in [1.807, 2.05) is 20.8 Å². The van der Waals surface area contributed by atoms with Gasteiger partial charge in [-0.25, -0.2) is 17.9 Å². The molecule has 1 fully saturated rings. The number of amides is 2. The summed E-state index contributed by atoms with van der Waals surface area (Å²) < 4.78 is 51.6. The molecule has 44 heavy (non-hydrogen) atoms. The molecule has 2 aromatic rings. The smallest absolute Gasteiger partial charge is 0.410 e. The number of hydrogen-bond acceptors (Lipinski definition) is 8. The standard InChI is InChI=1S/C32H47N3O8S/c1-22(2)35(30(36)24-12-15-28(41-8)29(18-24)42-17-9-16-40-7)20-25-19-34(31(37)43-32(4,5)6)21-27(25)33-44(38,39)26-13-10-23(3)11-14-26/h10-15,18,22,25,27,33H,9,16-17,19-21H2,1-8H3. The molecule has 1 N–H and O–H groups in total. The van der Waals surface area contributed by atoms with Crippen molar-refractivity contribution in [3.63, 3.8) is 0 Å². The largest absolute Gasteiger partial charge is 0.493 e. The molecule has 0 spiro atoms. The van der Waals surface area contributed by atoms with E-state index in [1.54, 1.807) is 75.2 Å². The van der Waals surface area contributed by atoms with Gasteiger partial charge >= 0.3 is 6.09 Å². The monoisotopic (exact) mass is 633 g/mol. The second-order valence-corrected chi connectivity index (χ2v) is 14.0. The number of methoxy groups -OCH3 is 2. The third kappa shape index (κ3) is 9.57. The summed E-state index contributed by atoms with van der Waals surface area (Å²) in [6.07, 6.45) is 0.137. The van der Waals surface area contributed by atoms with Gasteiger partial charge in [0.25, 0.3) is 5.91 Å². The number of hydrogen-bond donors (Lipinski definition) is 1. The summed E-state index contributed by atoms with van der Waals surface area (Å²) in [7, 11) is -0.748. The summed E-state index contributed by atoms with van der Waals surface area (Å²) in [6, 6.07) is 10.7. The quantitative estimate of drug-likeness (QED) is 0.320. The van der Waals surface area contributed by atoms with Crippen LogP contribution in [0.15, 0.2) is 47.4 Å². The predicted octanol–water partition coefficient (Wildman–Crippen LogP) is 4.48. The van der Waals surface area contributed by atoms with Crippen LogP contribution < -0.4 is 14.2 Å². The molecule has 0 bridgehead atoms. The SMILES string of the molecule is COCCCOc1cc(C(=O)N(CC2CN(C(=O)OC(C)(C)C)CC2NS(=O)(=O)c2ccc(C)cc2)C(C)C)ccc1OC. The van der Waals surface area contributed by atoms with Gasteiger partial charge in [0, 0.05) is 63.3 Å². The minimum Gasteiger partial charge on any atom is -0.493 e. The van der Waals surface area contributed by atoms with Gasteiger partial charge in [0.1, 0.15) is 5.60 Å². The van der Waals surface area contributed by atoms with Crippen molar-refractivity contribution in [2.75, 3.05) is 47.1 Å². The number of benzene rings is 2. The van der Waals surface area contributed by atoms with Gasteiger partial charge < -0.3 is 28.7 Å². The Morgan fingerprint density at radius 1 is 1.02 bits per heavy atom. The molecule has 0 aromatic heterocycles. The maximum atomic E-state index is 13.9. The Labute approximate surface area is 261 Å². The van der Waals surface area contributed by atoms with Crippen molar-refractivity contribution in [2.45, 2.75) is 70.5 Å². The fraction of sp³-hybridized carbons (Fsp3) is 0.562. The molecule has 1 heterocycles. The van der Waals surface area contributed by atoms with Gasteiger partial charge in [0.2, 0.25) is 10.0 Å². The normalized spacial score (nSPS) is 17.1. The molecule has 2 aromatic carbocycles. The van der Waals surface area contributed by atoms with Crippen LogP contribution in [-0.4, -0.2) is 95.0 Å². The average molecular weight is 634 g/mol. The van der Waals surface area contributed by atoms with Crippen LogP contribution in [-0.2, 0) is 19.5 Å². The number of ether oxygens (including phenoxy) is 4. The van der Waals surface area contributed by atoms with Gasteiger partial charge in [0.15, 0.2) is 11.5 Å². The van der Waals surface area contributed by atoms with Crippen LogP contribution in [0.25, 0.3) is 0 Å². The highest BCUT2D eigenvalue weighted by Gasteiger charge is 2.41. The zero-order valence-electron chi connectivity index (χ0n) is 27.1. The van der Waals surface area contributed by atoms with E-state index in [-0.39, 0.29) is 36.5 Å². The molecule has 0 radical (unpaired) electrons. The molecule has 0 aliphatic carbocycles. The summed E-state index contributed by atoms with van der Waals surface area (Å²) in [6.45, 7) is 12.5. The summed E-state index contributed by atoms with van der Waals surface area (Å²) in [4.78, 5) is 30.3. The van der Waals surface area contributed by atoms with Crippen LogP contribution in [0.2, 0.25) is 0 Å². The zero-order chi connectivity index (χ0) is 32.7. The summed E-state index contributed by atoms with van der Waals surface area (Å²) in [5, 5.41) is 0. The van der Waals surface area contributed by atoms with E-state index in [2.05, 4.69) is 4.72 Å². The number of nitrogens with one attached hydrogen (secondary N) is 1. The lowest BCUT2D eigenvalue weighted by Crippen LogP contribution is -2.47. The van der Waals surface area contributed by atoms with Gasteiger partial charge in [-0.3, -0.25) is 4.79 Å². The fourth-order valence-corrected chi connectivity index (χ4v) is 6.20. The first-order valence-corrected chi connectivity index (χ1v) is 16.3. The van der Waals surface area contributed by atoms with E-state index in [0.717, 1.165) is 5.56 Å². The highest BCUT2D eigenvalue weighted by Crippen LogP contribution is 2.30. The third-order valence-corrected chi connectivity index (χ3v) is 8.71. The molecule has 2 unspecified atom stereocenters. The van der Waals surface area contributed by atoms with Crippen molar-refractivity contribution in [1.82, 2.24) is 14.5 Å². The molecule has 3 rings (SSSR count). The van der Waals surface area contributed by atoms with Gasteiger partial charge in [-0.15, -0.1) is 0 Å². The van der Waals surface area contributed by atoms with E-state index >= 15 is 0 Å². The third-order valence-electron chi connectivity index (χ3n) is 7.21. The first-order valence-electron chi connectivity index (χ1n) is 14.8. The minimum atomic E-state index is -3.90. The van der Waals surface area contributed by atoms with E-state index in [0.29, 0.717) is 36.7 Å². The zero-order valence-corrected chi connectivity index (χ0v) is 27.9. The summed E-state index contributed by atoms with van der Waals surface area (Å²) in [5.74, 6) is 0.292. The van der Waals surface area contributed by atoms with E-state index in [1.165, 1.54) is 12.0 Å². The maximum absolute atomic E-state index is 13.9. The number of carbonyl (C=O) groups is 2. The van der Waals surface area contributed by atoms with Crippen molar-refractivity contribution in [1.29, 1.82) is 0 Å². The molecule has 1 aliphatic rings. The van der Waals surface area contributed by atoms with Gasteiger partial charge in [-0.1, -0.05) is 17.7 Å². The Hall–Kier alpha value is -3.35. The van der Waals surface area contributed by atoms with Crippen molar-refractivity contribution in [2.24, 2.45) is 5.92 Å².